The number of anilines is 1. The van der Waals surface area contributed by atoms with Crippen molar-refractivity contribution in [2.75, 3.05) is 19.0 Å². The molecule has 1 aliphatic carbocycles. The van der Waals surface area contributed by atoms with Crippen molar-refractivity contribution in [3.8, 4) is 11.5 Å². The Morgan fingerprint density at radius 3 is 2.77 bits per heavy atom. The number of ether oxygens (including phenoxy) is 2. The first kappa shape index (κ1) is 20.0. The van der Waals surface area contributed by atoms with Crippen molar-refractivity contribution in [2.45, 2.75) is 45.7 Å². The Labute approximate surface area is 175 Å². The Kier molecular flexibility index (Phi) is 5.24. The van der Waals surface area contributed by atoms with Crippen molar-refractivity contribution in [2.24, 2.45) is 0 Å². The zero-order chi connectivity index (χ0) is 21.3. The Morgan fingerprint density at radius 1 is 1.27 bits per heavy atom. The van der Waals surface area contributed by atoms with Gasteiger partial charge in [-0.2, -0.15) is 0 Å². The standard InChI is InChI=1S/C22H26N4O4/c1-5-29-15-7-6-14(10-16(15)28-4)11-23-20(27)17-13(2)30-21-18(17)19(24-12-25-21)26-22(3)8-9-22/h6-7,10,12H,5,8-9,11H2,1-4H3,(H,23,27)(H,24,25,26). The van der Waals surface area contributed by atoms with Crippen LogP contribution < -0.4 is 20.1 Å². The minimum atomic E-state index is -0.238. The van der Waals surface area contributed by atoms with Crippen LogP contribution in [-0.4, -0.2) is 35.1 Å². The number of aromatic nitrogens is 2. The smallest absolute Gasteiger partial charge is 0.255 e. The van der Waals surface area contributed by atoms with Crippen LogP contribution in [0.2, 0.25) is 0 Å². The average molecular weight is 410 g/mol. The zero-order valence-corrected chi connectivity index (χ0v) is 17.7. The van der Waals surface area contributed by atoms with Gasteiger partial charge in [0.15, 0.2) is 11.5 Å². The van der Waals surface area contributed by atoms with Gasteiger partial charge in [-0.15, -0.1) is 0 Å². The second kappa shape index (κ2) is 7.85. The first-order valence-corrected chi connectivity index (χ1v) is 10.0. The van der Waals surface area contributed by atoms with E-state index in [1.807, 2.05) is 25.1 Å². The van der Waals surface area contributed by atoms with E-state index in [2.05, 4.69) is 27.5 Å². The number of aryl methyl sites for hydroxylation is 1. The van der Waals surface area contributed by atoms with Crippen LogP contribution in [0.3, 0.4) is 0 Å². The predicted molar refractivity (Wildman–Crippen MR) is 113 cm³/mol. The molecule has 0 spiro atoms. The van der Waals surface area contributed by atoms with Crippen LogP contribution in [0.5, 0.6) is 11.5 Å². The number of nitrogens with zero attached hydrogens (tertiary/aromatic N) is 2. The Hall–Kier alpha value is -3.29. The van der Waals surface area contributed by atoms with Crippen molar-refractivity contribution in [3.63, 3.8) is 0 Å². The molecule has 8 heteroatoms. The summed E-state index contributed by atoms with van der Waals surface area (Å²) in [5.41, 5.74) is 1.77. The molecule has 1 aliphatic rings. The molecular formula is C22H26N4O4. The van der Waals surface area contributed by atoms with E-state index in [0.29, 0.717) is 52.9 Å². The molecule has 8 nitrogen and oxygen atoms in total. The number of methoxy groups -OCH3 is 1. The molecule has 0 aliphatic heterocycles. The highest BCUT2D eigenvalue weighted by Gasteiger charge is 2.38. The highest BCUT2D eigenvalue weighted by Crippen LogP contribution is 2.40. The van der Waals surface area contributed by atoms with Crippen LogP contribution in [0.15, 0.2) is 28.9 Å². The third-order valence-corrected chi connectivity index (χ3v) is 5.29. The lowest BCUT2D eigenvalue weighted by molar-refractivity contribution is 0.0950. The van der Waals surface area contributed by atoms with Gasteiger partial charge in [-0.1, -0.05) is 6.07 Å². The molecule has 0 unspecified atom stereocenters. The van der Waals surface area contributed by atoms with E-state index in [0.717, 1.165) is 18.4 Å². The van der Waals surface area contributed by atoms with Gasteiger partial charge in [-0.3, -0.25) is 4.79 Å². The van der Waals surface area contributed by atoms with E-state index in [9.17, 15) is 4.79 Å². The molecule has 0 radical (unpaired) electrons. The van der Waals surface area contributed by atoms with Gasteiger partial charge in [0.25, 0.3) is 5.91 Å². The van der Waals surface area contributed by atoms with Crippen LogP contribution in [0.25, 0.3) is 11.1 Å². The molecule has 158 valence electrons. The second-order valence-electron chi connectivity index (χ2n) is 7.72. The molecule has 4 rings (SSSR count). The molecule has 2 aromatic heterocycles. The first-order valence-electron chi connectivity index (χ1n) is 10.0. The molecular weight excluding hydrogens is 384 g/mol. The summed E-state index contributed by atoms with van der Waals surface area (Å²) in [5, 5.41) is 7.01. The quantitative estimate of drug-likeness (QED) is 0.582. The normalized spacial score (nSPS) is 14.4. The fourth-order valence-corrected chi connectivity index (χ4v) is 3.38. The number of nitrogens with one attached hydrogen (secondary N) is 2. The van der Waals surface area contributed by atoms with Gasteiger partial charge < -0.3 is 24.5 Å². The van der Waals surface area contributed by atoms with Gasteiger partial charge >= 0.3 is 0 Å². The SMILES string of the molecule is CCOc1ccc(CNC(=O)c2c(C)oc3ncnc(NC4(C)CC4)c23)cc1OC. The largest absolute Gasteiger partial charge is 0.493 e. The maximum absolute atomic E-state index is 13.1. The fourth-order valence-electron chi connectivity index (χ4n) is 3.38. The van der Waals surface area contributed by atoms with E-state index in [-0.39, 0.29) is 11.4 Å². The molecule has 1 aromatic carbocycles. The van der Waals surface area contributed by atoms with Gasteiger partial charge in [-0.25, -0.2) is 9.97 Å². The highest BCUT2D eigenvalue weighted by atomic mass is 16.5. The monoisotopic (exact) mass is 410 g/mol. The molecule has 2 N–H and O–H groups in total. The van der Waals surface area contributed by atoms with E-state index < -0.39 is 0 Å². The summed E-state index contributed by atoms with van der Waals surface area (Å²) in [6, 6.07) is 5.60. The molecule has 3 aromatic rings. The van der Waals surface area contributed by atoms with Gasteiger partial charge in [0.2, 0.25) is 5.71 Å². The summed E-state index contributed by atoms with van der Waals surface area (Å²) in [7, 11) is 1.59. The highest BCUT2D eigenvalue weighted by molar-refractivity contribution is 6.10. The maximum atomic E-state index is 13.1. The van der Waals surface area contributed by atoms with Gasteiger partial charge in [0.1, 0.15) is 17.9 Å². The average Bonchev–Trinajstić information content (AvgIpc) is 3.35. The van der Waals surface area contributed by atoms with Crippen LogP contribution >= 0.6 is 0 Å². The molecule has 0 atom stereocenters. The van der Waals surface area contributed by atoms with E-state index in [4.69, 9.17) is 13.9 Å². The molecule has 1 amide bonds. The van der Waals surface area contributed by atoms with Crippen molar-refractivity contribution in [3.05, 3.63) is 41.4 Å². The number of amides is 1. The van der Waals surface area contributed by atoms with Crippen LogP contribution in [0.4, 0.5) is 5.82 Å². The van der Waals surface area contributed by atoms with Gasteiger partial charge in [0, 0.05) is 12.1 Å². The Morgan fingerprint density at radius 2 is 2.07 bits per heavy atom. The second-order valence-corrected chi connectivity index (χ2v) is 7.72. The summed E-state index contributed by atoms with van der Waals surface area (Å²) in [4.78, 5) is 21.6. The first-order chi connectivity index (χ1) is 14.4. The van der Waals surface area contributed by atoms with Gasteiger partial charge in [0.05, 0.1) is 24.7 Å². The summed E-state index contributed by atoms with van der Waals surface area (Å²) >= 11 is 0. The summed E-state index contributed by atoms with van der Waals surface area (Å²) in [6.45, 7) is 6.70. The summed E-state index contributed by atoms with van der Waals surface area (Å²) in [6.07, 6.45) is 3.58. The van der Waals surface area contributed by atoms with E-state index in [1.54, 1.807) is 14.0 Å². The number of hydrogen-bond acceptors (Lipinski definition) is 7. The topological polar surface area (TPSA) is 98.5 Å². The number of fused-ring (bicyclic) bond motifs is 1. The molecule has 1 saturated carbocycles. The third-order valence-electron chi connectivity index (χ3n) is 5.29. The van der Waals surface area contributed by atoms with Crippen molar-refractivity contribution in [1.29, 1.82) is 0 Å². The van der Waals surface area contributed by atoms with Crippen molar-refractivity contribution >= 4 is 22.8 Å². The lowest BCUT2D eigenvalue weighted by atomic mass is 10.1. The number of hydrogen-bond donors (Lipinski definition) is 2. The van der Waals surface area contributed by atoms with Crippen molar-refractivity contribution < 1.29 is 18.7 Å². The van der Waals surface area contributed by atoms with Crippen molar-refractivity contribution in [1.82, 2.24) is 15.3 Å². The zero-order valence-electron chi connectivity index (χ0n) is 17.7. The number of furan rings is 1. The van der Waals surface area contributed by atoms with Crippen LogP contribution in [0.1, 0.15) is 48.4 Å². The Balaban J connectivity index is 1.57. The van der Waals surface area contributed by atoms with E-state index >= 15 is 0 Å². The Bertz CT molecular complexity index is 1090. The summed E-state index contributed by atoms with van der Waals surface area (Å²) < 4.78 is 16.7. The van der Waals surface area contributed by atoms with Crippen LogP contribution in [-0.2, 0) is 6.54 Å². The number of benzene rings is 1. The fraction of sp³-hybridized carbons (Fsp3) is 0.409. The molecule has 2 heterocycles. The minimum Gasteiger partial charge on any atom is -0.493 e. The van der Waals surface area contributed by atoms with Crippen LogP contribution in [0, 0.1) is 6.92 Å². The molecule has 0 bridgehead atoms. The van der Waals surface area contributed by atoms with E-state index in [1.165, 1.54) is 6.33 Å². The molecule has 0 saturated heterocycles. The number of rotatable bonds is 8. The third kappa shape index (κ3) is 3.90. The summed E-state index contributed by atoms with van der Waals surface area (Å²) in [5.74, 6) is 2.21. The van der Waals surface area contributed by atoms with Gasteiger partial charge in [-0.05, 0) is 51.3 Å². The minimum absolute atomic E-state index is 0.0130. The number of carbonyl (C=O) groups is 1. The maximum Gasteiger partial charge on any atom is 0.255 e. The molecule has 1 fully saturated rings. The predicted octanol–water partition coefficient (Wildman–Crippen LogP) is 3.83. The lowest BCUT2D eigenvalue weighted by Gasteiger charge is -2.13. The lowest BCUT2D eigenvalue weighted by Crippen LogP contribution is -2.24. The molecule has 30 heavy (non-hydrogen) atoms. The number of carbonyl (C=O) groups excluding carboxylic acids is 1.